The topological polar surface area (TPSA) is 50.4 Å². The average molecular weight is 367 g/mol. The zero-order valence-corrected chi connectivity index (χ0v) is 14.3. The highest BCUT2D eigenvalue weighted by Crippen LogP contribution is 2.17. The van der Waals surface area contributed by atoms with Gasteiger partial charge in [-0.2, -0.15) is 0 Å². The quantitative estimate of drug-likeness (QED) is 0.337. The molecule has 3 nitrogen and oxygen atoms in total. The van der Waals surface area contributed by atoms with Crippen LogP contribution in [-0.4, -0.2) is 18.5 Å². The van der Waals surface area contributed by atoms with Gasteiger partial charge >= 0.3 is 0 Å². The van der Waals surface area contributed by atoms with E-state index in [1.807, 2.05) is 0 Å². The number of nitrogens with two attached hydrogens (primary N) is 1. The summed E-state index contributed by atoms with van der Waals surface area (Å²) >= 11 is 0. The van der Waals surface area contributed by atoms with E-state index in [1.165, 1.54) is 51.4 Å². The van der Waals surface area contributed by atoms with E-state index in [4.69, 9.17) is 5.73 Å². The van der Waals surface area contributed by atoms with Crippen LogP contribution in [0.3, 0.4) is 0 Å². The molecule has 0 aliphatic heterocycles. The lowest BCUT2D eigenvalue weighted by atomic mass is 10.0. The Labute approximate surface area is 129 Å². The summed E-state index contributed by atoms with van der Waals surface area (Å²) in [5, 5.41) is 3.39. The minimum atomic E-state index is 0. The number of hydrogen-bond acceptors (Lipinski definition) is 1. The second-order valence-electron chi connectivity index (χ2n) is 5.24. The zero-order chi connectivity index (χ0) is 12.5. The van der Waals surface area contributed by atoms with E-state index >= 15 is 0 Å². The van der Waals surface area contributed by atoms with Crippen molar-refractivity contribution in [1.82, 2.24) is 5.32 Å². The van der Waals surface area contributed by atoms with Crippen LogP contribution in [0.2, 0.25) is 0 Å². The van der Waals surface area contributed by atoms with Crippen molar-refractivity contribution in [3.8, 4) is 0 Å². The summed E-state index contributed by atoms with van der Waals surface area (Å²) in [6.45, 7) is 5.32. The molecule has 1 fully saturated rings. The summed E-state index contributed by atoms with van der Waals surface area (Å²) in [7, 11) is 0. The molecule has 0 aromatic carbocycles. The lowest BCUT2D eigenvalue weighted by Gasteiger charge is -2.17. The molecule has 0 amide bonds. The van der Waals surface area contributed by atoms with E-state index in [0.29, 0.717) is 17.9 Å². The van der Waals surface area contributed by atoms with Gasteiger partial charge in [0.2, 0.25) is 0 Å². The number of rotatable bonds is 5. The molecule has 1 aliphatic carbocycles. The van der Waals surface area contributed by atoms with Gasteiger partial charge in [0.15, 0.2) is 5.96 Å². The third-order valence-electron chi connectivity index (χ3n) is 3.88. The molecule has 108 valence electrons. The molecule has 0 aromatic heterocycles. The van der Waals surface area contributed by atoms with Crippen molar-refractivity contribution in [2.24, 2.45) is 16.6 Å². The van der Waals surface area contributed by atoms with Crippen molar-refractivity contribution in [3.63, 3.8) is 0 Å². The van der Waals surface area contributed by atoms with Crippen LogP contribution in [0.5, 0.6) is 0 Å². The van der Waals surface area contributed by atoms with Gasteiger partial charge in [-0.05, 0) is 18.8 Å². The van der Waals surface area contributed by atoms with Crippen LogP contribution < -0.4 is 11.1 Å². The SMILES string of the molecule is CCC(CC)CN=C(N)NC1CCCCCC1.I. The Balaban J connectivity index is 0.00000289. The van der Waals surface area contributed by atoms with Crippen molar-refractivity contribution in [3.05, 3.63) is 0 Å². The van der Waals surface area contributed by atoms with E-state index in [0.717, 1.165) is 6.54 Å². The maximum absolute atomic E-state index is 5.95. The largest absolute Gasteiger partial charge is 0.370 e. The molecule has 0 heterocycles. The van der Waals surface area contributed by atoms with Gasteiger partial charge in [0.05, 0.1) is 0 Å². The third-order valence-corrected chi connectivity index (χ3v) is 3.88. The fourth-order valence-corrected chi connectivity index (χ4v) is 2.45. The van der Waals surface area contributed by atoms with Crippen molar-refractivity contribution < 1.29 is 0 Å². The Morgan fingerprint density at radius 2 is 1.72 bits per heavy atom. The maximum Gasteiger partial charge on any atom is 0.188 e. The molecule has 0 saturated heterocycles. The molecule has 0 unspecified atom stereocenters. The lowest BCUT2D eigenvalue weighted by Crippen LogP contribution is -2.40. The lowest BCUT2D eigenvalue weighted by molar-refractivity contribution is 0.499. The first-order valence-electron chi connectivity index (χ1n) is 7.32. The molecule has 0 aromatic rings. The molecular formula is C14H30IN3. The molecule has 3 N–H and O–H groups in total. The molecule has 18 heavy (non-hydrogen) atoms. The van der Waals surface area contributed by atoms with Crippen LogP contribution in [0.15, 0.2) is 4.99 Å². The summed E-state index contributed by atoms with van der Waals surface area (Å²) in [5.74, 6) is 1.34. The highest BCUT2D eigenvalue weighted by atomic mass is 127. The van der Waals surface area contributed by atoms with Gasteiger partial charge in [-0.25, -0.2) is 0 Å². The van der Waals surface area contributed by atoms with Crippen molar-refractivity contribution >= 4 is 29.9 Å². The number of nitrogens with one attached hydrogen (secondary N) is 1. The molecule has 0 spiro atoms. The van der Waals surface area contributed by atoms with Gasteiger partial charge in [0, 0.05) is 12.6 Å². The van der Waals surface area contributed by atoms with Crippen molar-refractivity contribution in [2.45, 2.75) is 71.3 Å². The number of hydrogen-bond donors (Lipinski definition) is 2. The molecule has 0 atom stereocenters. The Kier molecular flexibility index (Phi) is 10.9. The first-order valence-corrected chi connectivity index (χ1v) is 7.32. The zero-order valence-electron chi connectivity index (χ0n) is 12.0. The van der Waals surface area contributed by atoms with Crippen LogP contribution >= 0.6 is 24.0 Å². The number of aliphatic imine (C=N–C) groups is 1. The standard InChI is InChI=1S/C14H29N3.HI/c1-3-12(4-2)11-16-14(15)17-13-9-7-5-6-8-10-13;/h12-13H,3-11H2,1-2H3,(H3,15,16,17);1H. The summed E-state index contributed by atoms with van der Waals surface area (Å²) in [6, 6.07) is 0.558. The summed E-state index contributed by atoms with van der Waals surface area (Å²) in [6.07, 6.45) is 10.3. The number of guanidine groups is 1. The van der Waals surface area contributed by atoms with Gasteiger partial charge < -0.3 is 11.1 Å². The monoisotopic (exact) mass is 367 g/mol. The second kappa shape index (κ2) is 10.9. The normalized spacial score (nSPS) is 18.3. The highest BCUT2D eigenvalue weighted by molar-refractivity contribution is 14.0. The molecule has 4 heteroatoms. The molecular weight excluding hydrogens is 337 g/mol. The molecule has 0 bridgehead atoms. The Morgan fingerprint density at radius 1 is 1.17 bits per heavy atom. The van der Waals surface area contributed by atoms with Crippen LogP contribution in [0.1, 0.15) is 65.2 Å². The summed E-state index contributed by atoms with van der Waals surface area (Å²) < 4.78 is 0. The fourth-order valence-electron chi connectivity index (χ4n) is 2.45. The molecule has 0 radical (unpaired) electrons. The van der Waals surface area contributed by atoms with Gasteiger partial charge in [-0.15, -0.1) is 24.0 Å². The Morgan fingerprint density at radius 3 is 2.22 bits per heavy atom. The summed E-state index contributed by atoms with van der Waals surface area (Å²) in [5.41, 5.74) is 5.95. The first-order chi connectivity index (χ1) is 8.26. The Bertz CT molecular complexity index is 219. The molecule has 1 rings (SSSR count). The van der Waals surface area contributed by atoms with Crippen LogP contribution in [0, 0.1) is 5.92 Å². The predicted octanol–water partition coefficient (Wildman–Crippen LogP) is 3.67. The van der Waals surface area contributed by atoms with Gasteiger partial charge in [0.1, 0.15) is 0 Å². The average Bonchev–Trinajstić information content (AvgIpc) is 2.59. The second-order valence-corrected chi connectivity index (χ2v) is 5.24. The minimum absolute atomic E-state index is 0. The smallest absolute Gasteiger partial charge is 0.188 e. The van der Waals surface area contributed by atoms with Gasteiger partial charge in [-0.1, -0.05) is 52.4 Å². The number of nitrogens with zero attached hydrogens (tertiary/aromatic N) is 1. The van der Waals surface area contributed by atoms with E-state index in [-0.39, 0.29) is 24.0 Å². The minimum Gasteiger partial charge on any atom is -0.370 e. The molecule has 1 saturated carbocycles. The summed E-state index contributed by atoms with van der Waals surface area (Å²) in [4.78, 5) is 4.47. The first kappa shape index (κ1) is 18.0. The van der Waals surface area contributed by atoms with Gasteiger partial charge in [0.25, 0.3) is 0 Å². The van der Waals surface area contributed by atoms with Crippen LogP contribution in [0.25, 0.3) is 0 Å². The van der Waals surface area contributed by atoms with Crippen LogP contribution in [-0.2, 0) is 0 Å². The van der Waals surface area contributed by atoms with E-state index in [2.05, 4.69) is 24.2 Å². The number of halogens is 1. The Hall–Kier alpha value is 0. The van der Waals surface area contributed by atoms with E-state index in [1.54, 1.807) is 0 Å². The van der Waals surface area contributed by atoms with E-state index in [9.17, 15) is 0 Å². The third kappa shape index (κ3) is 7.44. The molecule has 1 aliphatic rings. The van der Waals surface area contributed by atoms with Crippen molar-refractivity contribution in [1.29, 1.82) is 0 Å². The van der Waals surface area contributed by atoms with E-state index < -0.39 is 0 Å². The maximum atomic E-state index is 5.95. The predicted molar refractivity (Wildman–Crippen MR) is 90.6 cm³/mol. The fraction of sp³-hybridized carbons (Fsp3) is 0.929. The van der Waals surface area contributed by atoms with Crippen LogP contribution in [0.4, 0.5) is 0 Å². The van der Waals surface area contributed by atoms with Gasteiger partial charge in [-0.3, -0.25) is 4.99 Å². The highest BCUT2D eigenvalue weighted by Gasteiger charge is 2.12. The van der Waals surface area contributed by atoms with Crippen molar-refractivity contribution in [2.75, 3.05) is 6.54 Å².